The Morgan fingerprint density at radius 2 is 2.30 bits per heavy atom. The van der Waals surface area contributed by atoms with Gasteiger partial charge in [0.25, 0.3) is 0 Å². The van der Waals surface area contributed by atoms with Gasteiger partial charge >= 0.3 is 0 Å². The van der Waals surface area contributed by atoms with E-state index in [4.69, 9.17) is 5.73 Å². The summed E-state index contributed by atoms with van der Waals surface area (Å²) in [5.74, 6) is -0.662. The van der Waals surface area contributed by atoms with Crippen molar-refractivity contribution in [3.05, 3.63) is 35.7 Å². The summed E-state index contributed by atoms with van der Waals surface area (Å²) < 4.78 is 13.5. The Morgan fingerprint density at radius 1 is 1.50 bits per heavy atom. The lowest BCUT2D eigenvalue weighted by Crippen LogP contribution is -2.31. The first-order valence-corrected chi connectivity index (χ1v) is 6.77. The number of nitrogen functional groups attached to an aromatic ring is 1. The first kappa shape index (κ1) is 14.5. The predicted octanol–water partition coefficient (Wildman–Crippen LogP) is 2.39. The average Bonchev–Trinajstić information content (AvgIpc) is 2.42. The van der Waals surface area contributed by atoms with E-state index in [1.165, 1.54) is 23.8 Å². The van der Waals surface area contributed by atoms with E-state index in [0.717, 1.165) is 19.5 Å². The van der Waals surface area contributed by atoms with E-state index in [-0.39, 0.29) is 11.6 Å². The number of carbonyl (C=O) groups excluding carboxylic acids is 1. The Hall–Kier alpha value is -1.88. The minimum Gasteiger partial charge on any atom is -0.399 e. The van der Waals surface area contributed by atoms with Crippen LogP contribution in [0.15, 0.2) is 29.8 Å². The van der Waals surface area contributed by atoms with Gasteiger partial charge in [-0.1, -0.05) is 11.6 Å². The fourth-order valence-corrected chi connectivity index (χ4v) is 2.13. The maximum absolute atomic E-state index is 13.5. The molecule has 1 amide bonds. The van der Waals surface area contributed by atoms with Crippen LogP contribution in [0.3, 0.4) is 0 Å². The summed E-state index contributed by atoms with van der Waals surface area (Å²) >= 11 is 0. The lowest BCUT2D eigenvalue weighted by atomic mass is 10.1. The van der Waals surface area contributed by atoms with E-state index >= 15 is 0 Å². The first-order valence-electron chi connectivity index (χ1n) is 6.77. The van der Waals surface area contributed by atoms with Crippen molar-refractivity contribution in [2.45, 2.75) is 19.8 Å². The molecule has 3 N–H and O–H groups in total. The number of benzene rings is 1. The molecule has 0 unspecified atom stereocenters. The summed E-state index contributed by atoms with van der Waals surface area (Å²) in [6.45, 7) is 4.65. The van der Waals surface area contributed by atoms with Crippen LogP contribution in [0.2, 0.25) is 0 Å². The lowest BCUT2D eigenvalue weighted by molar-refractivity contribution is -0.116. The van der Waals surface area contributed by atoms with Crippen LogP contribution in [-0.2, 0) is 4.79 Å². The Balaban J connectivity index is 1.82. The zero-order valence-corrected chi connectivity index (χ0v) is 11.7. The van der Waals surface area contributed by atoms with Crippen LogP contribution < -0.4 is 11.1 Å². The smallest absolute Gasteiger partial charge is 0.225 e. The van der Waals surface area contributed by atoms with Crippen molar-refractivity contribution in [1.82, 2.24) is 4.90 Å². The van der Waals surface area contributed by atoms with Crippen LogP contribution in [0, 0.1) is 5.82 Å². The largest absolute Gasteiger partial charge is 0.399 e. The van der Waals surface area contributed by atoms with E-state index in [1.54, 1.807) is 0 Å². The topological polar surface area (TPSA) is 58.4 Å². The molecular formula is C15H20FN3O. The summed E-state index contributed by atoms with van der Waals surface area (Å²) in [4.78, 5) is 14.0. The van der Waals surface area contributed by atoms with Gasteiger partial charge in [-0.25, -0.2) is 4.39 Å². The van der Waals surface area contributed by atoms with Gasteiger partial charge in [0.05, 0.1) is 5.69 Å². The minimum absolute atomic E-state index is 0.143. The molecular weight excluding hydrogens is 257 g/mol. The summed E-state index contributed by atoms with van der Waals surface area (Å²) in [5.41, 5.74) is 7.54. The number of rotatable bonds is 4. The van der Waals surface area contributed by atoms with E-state index in [0.29, 0.717) is 18.7 Å². The molecule has 0 saturated carbocycles. The van der Waals surface area contributed by atoms with Crippen LogP contribution in [0.1, 0.15) is 19.8 Å². The van der Waals surface area contributed by atoms with Gasteiger partial charge in [0.1, 0.15) is 5.82 Å². The number of carbonyl (C=O) groups is 1. The van der Waals surface area contributed by atoms with Gasteiger partial charge in [-0.2, -0.15) is 0 Å². The second kappa shape index (κ2) is 6.52. The Morgan fingerprint density at radius 3 is 3.00 bits per heavy atom. The number of hydrogen-bond acceptors (Lipinski definition) is 3. The number of nitrogens with two attached hydrogens (primary N) is 1. The van der Waals surface area contributed by atoms with Crippen molar-refractivity contribution in [3.63, 3.8) is 0 Å². The van der Waals surface area contributed by atoms with Gasteiger partial charge in [0.2, 0.25) is 5.91 Å². The standard InChI is InChI=1S/C15H20FN3O/c1-11-4-7-19(8-5-11)9-6-15(20)18-14-10-12(17)2-3-13(14)16/h2-4,10H,5-9,17H2,1H3,(H,18,20). The maximum atomic E-state index is 13.5. The van der Waals surface area contributed by atoms with Gasteiger partial charge in [-0.3, -0.25) is 9.69 Å². The summed E-state index contributed by atoms with van der Waals surface area (Å²) in [6, 6.07) is 4.15. The molecule has 0 aliphatic carbocycles. The molecule has 0 radical (unpaired) electrons. The normalized spacial score (nSPS) is 15.8. The molecule has 1 aromatic carbocycles. The van der Waals surface area contributed by atoms with E-state index in [2.05, 4.69) is 23.2 Å². The molecule has 0 aromatic heterocycles. The first-order chi connectivity index (χ1) is 9.54. The number of nitrogens with one attached hydrogen (secondary N) is 1. The summed E-state index contributed by atoms with van der Waals surface area (Å²) in [7, 11) is 0. The number of amides is 1. The van der Waals surface area contributed by atoms with Crippen LogP contribution >= 0.6 is 0 Å². The minimum atomic E-state index is -0.468. The highest BCUT2D eigenvalue weighted by molar-refractivity contribution is 5.91. The molecule has 1 aliphatic heterocycles. The highest BCUT2D eigenvalue weighted by atomic mass is 19.1. The Bertz CT molecular complexity index is 528. The Kier molecular flexibility index (Phi) is 4.74. The molecule has 108 valence electrons. The Labute approximate surface area is 118 Å². The molecule has 20 heavy (non-hydrogen) atoms. The van der Waals surface area contributed by atoms with E-state index < -0.39 is 5.82 Å². The van der Waals surface area contributed by atoms with E-state index in [9.17, 15) is 9.18 Å². The molecule has 0 bridgehead atoms. The lowest BCUT2D eigenvalue weighted by Gasteiger charge is -2.24. The molecule has 1 aromatic rings. The summed E-state index contributed by atoms with van der Waals surface area (Å²) in [6.07, 6.45) is 3.57. The van der Waals surface area contributed by atoms with Crippen LogP contribution in [0.5, 0.6) is 0 Å². The highest BCUT2D eigenvalue weighted by Gasteiger charge is 2.12. The van der Waals surface area contributed by atoms with Crippen molar-refractivity contribution in [3.8, 4) is 0 Å². The van der Waals surface area contributed by atoms with Crippen LogP contribution in [-0.4, -0.2) is 30.4 Å². The fraction of sp³-hybridized carbons (Fsp3) is 0.400. The van der Waals surface area contributed by atoms with E-state index in [1.807, 2.05) is 0 Å². The fourth-order valence-electron chi connectivity index (χ4n) is 2.13. The molecule has 2 rings (SSSR count). The third kappa shape index (κ3) is 4.06. The number of hydrogen-bond donors (Lipinski definition) is 2. The number of anilines is 2. The van der Waals surface area contributed by atoms with Gasteiger partial charge in [0, 0.05) is 31.7 Å². The van der Waals surface area contributed by atoms with Crippen molar-refractivity contribution in [1.29, 1.82) is 0 Å². The third-order valence-electron chi connectivity index (χ3n) is 3.44. The quantitative estimate of drug-likeness (QED) is 0.656. The molecule has 5 heteroatoms. The SMILES string of the molecule is CC1=CCN(CCC(=O)Nc2cc(N)ccc2F)CC1. The molecule has 4 nitrogen and oxygen atoms in total. The maximum Gasteiger partial charge on any atom is 0.225 e. The number of halogens is 1. The van der Waals surface area contributed by atoms with Gasteiger partial charge < -0.3 is 11.1 Å². The predicted molar refractivity (Wildman–Crippen MR) is 78.9 cm³/mol. The monoisotopic (exact) mass is 277 g/mol. The molecule has 0 atom stereocenters. The zero-order chi connectivity index (χ0) is 14.5. The van der Waals surface area contributed by atoms with Crippen molar-refractivity contribution >= 4 is 17.3 Å². The second-order valence-electron chi connectivity index (χ2n) is 5.14. The van der Waals surface area contributed by atoms with Crippen molar-refractivity contribution in [2.24, 2.45) is 0 Å². The van der Waals surface area contributed by atoms with Crippen molar-refractivity contribution in [2.75, 3.05) is 30.7 Å². The molecule has 1 heterocycles. The van der Waals surface area contributed by atoms with Gasteiger partial charge in [-0.05, 0) is 31.5 Å². The zero-order valence-electron chi connectivity index (χ0n) is 11.7. The molecule has 1 aliphatic rings. The van der Waals surface area contributed by atoms with Crippen LogP contribution in [0.4, 0.5) is 15.8 Å². The molecule has 0 saturated heterocycles. The van der Waals surface area contributed by atoms with Crippen molar-refractivity contribution < 1.29 is 9.18 Å². The molecule has 0 spiro atoms. The second-order valence-corrected chi connectivity index (χ2v) is 5.14. The summed E-state index contributed by atoms with van der Waals surface area (Å²) in [5, 5.41) is 2.56. The average molecular weight is 277 g/mol. The highest BCUT2D eigenvalue weighted by Crippen LogP contribution is 2.17. The third-order valence-corrected chi connectivity index (χ3v) is 3.44. The van der Waals surface area contributed by atoms with Crippen LogP contribution in [0.25, 0.3) is 0 Å². The van der Waals surface area contributed by atoms with Gasteiger partial charge in [-0.15, -0.1) is 0 Å². The number of nitrogens with zero attached hydrogens (tertiary/aromatic N) is 1. The van der Waals surface area contributed by atoms with Gasteiger partial charge in [0.15, 0.2) is 0 Å². The molecule has 0 fully saturated rings.